The molecular formula is C6H10O3. The lowest BCUT2D eigenvalue weighted by Crippen LogP contribution is -2.43. The van der Waals surface area contributed by atoms with Crippen LogP contribution in [-0.2, 0) is 4.79 Å². The molecular weight excluding hydrogens is 120 g/mol. The van der Waals surface area contributed by atoms with Crippen molar-refractivity contribution in [2.45, 2.75) is 12.8 Å². The summed E-state index contributed by atoms with van der Waals surface area (Å²) in [5.41, 5.74) is -0.461. The van der Waals surface area contributed by atoms with Crippen molar-refractivity contribution >= 4 is 5.78 Å². The van der Waals surface area contributed by atoms with Crippen LogP contribution in [0.3, 0.4) is 0 Å². The van der Waals surface area contributed by atoms with E-state index in [1.54, 1.807) is 0 Å². The van der Waals surface area contributed by atoms with Gasteiger partial charge in [-0.15, -0.1) is 0 Å². The Morgan fingerprint density at radius 3 is 1.89 bits per heavy atom. The van der Waals surface area contributed by atoms with Gasteiger partial charge in [0.05, 0.1) is 13.2 Å². The summed E-state index contributed by atoms with van der Waals surface area (Å²) in [6.07, 6.45) is 0.694. The monoisotopic (exact) mass is 130 g/mol. The Bertz CT molecular complexity index is 116. The fourth-order valence-electron chi connectivity index (χ4n) is 1.06. The molecule has 0 amide bonds. The summed E-state index contributed by atoms with van der Waals surface area (Å²) in [5.74, 6) is 0.137. The standard InChI is InChI=1S/C6H10O3/c7-3-6(4-8)1-5(9)2-6/h7-8H,1-4H2. The van der Waals surface area contributed by atoms with Crippen LogP contribution >= 0.6 is 0 Å². The van der Waals surface area contributed by atoms with E-state index < -0.39 is 5.41 Å². The summed E-state index contributed by atoms with van der Waals surface area (Å²) in [5, 5.41) is 17.3. The number of aliphatic hydroxyl groups is 2. The highest BCUT2D eigenvalue weighted by Crippen LogP contribution is 2.36. The quantitative estimate of drug-likeness (QED) is 0.520. The lowest BCUT2D eigenvalue weighted by molar-refractivity contribution is -0.138. The van der Waals surface area contributed by atoms with Gasteiger partial charge in [-0.3, -0.25) is 4.79 Å². The van der Waals surface area contributed by atoms with Gasteiger partial charge in [0.2, 0.25) is 0 Å². The van der Waals surface area contributed by atoms with E-state index in [2.05, 4.69) is 0 Å². The minimum Gasteiger partial charge on any atom is -0.396 e. The van der Waals surface area contributed by atoms with Crippen LogP contribution in [0.4, 0.5) is 0 Å². The van der Waals surface area contributed by atoms with Crippen molar-refractivity contribution < 1.29 is 15.0 Å². The van der Waals surface area contributed by atoms with Crippen LogP contribution in [0.1, 0.15) is 12.8 Å². The molecule has 1 saturated carbocycles. The summed E-state index contributed by atoms with van der Waals surface area (Å²) in [6, 6.07) is 0. The second-order valence-electron chi connectivity index (χ2n) is 2.71. The molecule has 0 aromatic carbocycles. The Morgan fingerprint density at radius 1 is 1.33 bits per heavy atom. The van der Waals surface area contributed by atoms with Crippen LogP contribution in [-0.4, -0.2) is 29.2 Å². The van der Waals surface area contributed by atoms with E-state index in [1.165, 1.54) is 0 Å². The molecule has 1 fully saturated rings. The summed E-state index contributed by atoms with van der Waals surface area (Å²) < 4.78 is 0. The number of hydrogen-bond donors (Lipinski definition) is 2. The third kappa shape index (κ3) is 0.976. The van der Waals surface area contributed by atoms with Crippen molar-refractivity contribution in [3.8, 4) is 0 Å². The lowest BCUT2D eigenvalue weighted by Gasteiger charge is -2.36. The van der Waals surface area contributed by atoms with Crippen LogP contribution < -0.4 is 0 Å². The van der Waals surface area contributed by atoms with Crippen LogP contribution in [0.2, 0.25) is 0 Å². The minimum atomic E-state index is -0.461. The second-order valence-corrected chi connectivity index (χ2v) is 2.71. The molecule has 0 aliphatic heterocycles. The molecule has 2 N–H and O–H groups in total. The highest BCUT2D eigenvalue weighted by Gasteiger charge is 2.42. The Labute approximate surface area is 53.3 Å². The molecule has 3 heteroatoms. The Kier molecular flexibility index (Phi) is 1.55. The first-order valence-electron chi connectivity index (χ1n) is 2.96. The average molecular weight is 130 g/mol. The van der Waals surface area contributed by atoms with E-state index in [0.29, 0.717) is 12.8 Å². The van der Waals surface area contributed by atoms with Crippen molar-refractivity contribution in [3.05, 3.63) is 0 Å². The Hall–Kier alpha value is -0.410. The third-order valence-electron chi connectivity index (χ3n) is 1.82. The van der Waals surface area contributed by atoms with Crippen molar-refractivity contribution in [2.24, 2.45) is 5.41 Å². The maximum atomic E-state index is 10.4. The molecule has 0 atom stereocenters. The highest BCUT2D eigenvalue weighted by atomic mass is 16.3. The number of Topliss-reactive ketones (excluding diaryl/α,β-unsaturated/α-hetero) is 1. The normalized spacial score (nSPS) is 23.6. The first-order chi connectivity index (χ1) is 4.22. The minimum absolute atomic E-state index is 0.0742. The molecule has 1 rings (SSSR count). The second kappa shape index (κ2) is 2.08. The number of carbonyl (C=O) groups excluding carboxylic acids is 1. The molecule has 1 aliphatic carbocycles. The third-order valence-corrected chi connectivity index (χ3v) is 1.82. The maximum absolute atomic E-state index is 10.4. The van der Waals surface area contributed by atoms with Crippen LogP contribution in [0, 0.1) is 5.41 Å². The molecule has 0 unspecified atom stereocenters. The zero-order valence-electron chi connectivity index (χ0n) is 5.13. The molecule has 0 radical (unpaired) electrons. The van der Waals surface area contributed by atoms with Gasteiger partial charge in [-0.1, -0.05) is 0 Å². The number of rotatable bonds is 2. The molecule has 52 valence electrons. The lowest BCUT2D eigenvalue weighted by atomic mass is 9.69. The van der Waals surface area contributed by atoms with Crippen LogP contribution in [0.15, 0.2) is 0 Å². The van der Waals surface area contributed by atoms with E-state index in [-0.39, 0.29) is 19.0 Å². The van der Waals surface area contributed by atoms with Gasteiger partial charge in [-0.05, 0) is 0 Å². The van der Waals surface area contributed by atoms with Crippen molar-refractivity contribution in [1.29, 1.82) is 0 Å². The zero-order chi connectivity index (χ0) is 6.91. The van der Waals surface area contributed by atoms with E-state index in [1.807, 2.05) is 0 Å². The van der Waals surface area contributed by atoms with Gasteiger partial charge in [0.25, 0.3) is 0 Å². The van der Waals surface area contributed by atoms with Crippen molar-refractivity contribution in [2.75, 3.05) is 13.2 Å². The smallest absolute Gasteiger partial charge is 0.134 e. The summed E-state index contributed by atoms with van der Waals surface area (Å²) in [6.45, 7) is -0.148. The first kappa shape index (κ1) is 6.71. The maximum Gasteiger partial charge on any atom is 0.134 e. The topological polar surface area (TPSA) is 57.5 Å². The van der Waals surface area contributed by atoms with Crippen LogP contribution in [0.5, 0.6) is 0 Å². The molecule has 9 heavy (non-hydrogen) atoms. The van der Waals surface area contributed by atoms with Gasteiger partial charge >= 0.3 is 0 Å². The SMILES string of the molecule is O=C1CC(CO)(CO)C1. The largest absolute Gasteiger partial charge is 0.396 e. The molecule has 0 heterocycles. The fourth-order valence-corrected chi connectivity index (χ4v) is 1.06. The first-order valence-corrected chi connectivity index (χ1v) is 2.96. The number of hydrogen-bond acceptors (Lipinski definition) is 3. The van der Waals surface area contributed by atoms with Crippen molar-refractivity contribution in [1.82, 2.24) is 0 Å². The van der Waals surface area contributed by atoms with E-state index >= 15 is 0 Å². The van der Waals surface area contributed by atoms with Gasteiger partial charge < -0.3 is 10.2 Å². The zero-order valence-corrected chi connectivity index (χ0v) is 5.13. The molecule has 1 aliphatic rings. The number of aliphatic hydroxyl groups excluding tert-OH is 2. The molecule has 3 nitrogen and oxygen atoms in total. The predicted octanol–water partition coefficient (Wildman–Crippen LogP) is -0.680. The van der Waals surface area contributed by atoms with E-state index in [4.69, 9.17) is 10.2 Å². The van der Waals surface area contributed by atoms with Gasteiger partial charge in [-0.25, -0.2) is 0 Å². The predicted molar refractivity (Wildman–Crippen MR) is 30.8 cm³/mol. The molecule has 0 aromatic rings. The summed E-state index contributed by atoms with van der Waals surface area (Å²) >= 11 is 0. The van der Waals surface area contributed by atoms with Gasteiger partial charge in [0.1, 0.15) is 5.78 Å². The van der Waals surface area contributed by atoms with Gasteiger partial charge in [0.15, 0.2) is 0 Å². The summed E-state index contributed by atoms with van der Waals surface area (Å²) in [4.78, 5) is 10.4. The average Bonchev–Trinajstić information content (AvgIpc) is 1.81. The van der Waals surface area contributed by atoms with E-state index in [0.717, 1.165) is 0 Å². The Balaban J connectivity index is 2.44. The van der Waals surface area contributed by atoms with Crippen molar-refractivity contribution in [3.63, 3.8) is 0 Å². The highest BCUT2D eigenvalue weighted by molar-refractivity contribution is 5.86. The fraction of sp³-hybridized carbons (Fsp3) is 0.833. The van der Waals surface area contributed by atoms with Crippen LogP contribution in [0.25, 0.3) is 0 Å². The molecule has 0 aromatic heterocycles. The van der Waals surface area contributed by atoms with Gasteiger partial charge in [0, 0.05) is 18.3 Å². The number of carbonyl (C=O) groups is 1. The molecule has 0 spiro atoms. The Morgan fingerprint density at radius 2 is 1.78 bits per heavy atom. The van der Waals surface area contributed by atoms with E-state index in [9.17, 15) is 4.79 Å². The molecule has 0 saturated heterocycles. The van der Waals surface area contributed by atoms with Gasteiger partial charge in [-0.2, -0.15) is 0 Å². The summed E-state index contributed by atoms with van der Waals surface area (Å²) in [7, 11) is 0. The molecule has 0 bridgehead atoms. The number of ketones is 1.